The predicted octanol–water partition coefficient (Wildman–Crippen LogP) is 4.55. The van der Waals surface area contributed by atoms with Crippen LogP contribution in [0.2, 0.25) is 5.02 Å². The molecular weight excluding hydrogens is 494 g/mol. The number of hydrogen-bond acceptors (Lipinski definition) is 8. The van der Waals surface area contributed by atoms with Gasteiger partial charge in [-0.3, -0.25) is 9.59 Å². The van der Waals surface area contributed by atoms with Gasteiger partial charge in [-0.15, -0.1) is 11.3 Å². The van der Waals surface area contributed by atoms with E-state index in [4.69, 9.17) is 25.8 Å². The van der Waals surface area contributed by atoms with E-state index in [1.165, 1.54) is 20.3 Å². The lowest BCUT2D eigenvalue weighted by Gasteiger charge is -2.11. The molecule has 2 aromatic carbocycles. The molecule has 0 spiro atoms. The van der Waals surface area contributed by atoms with Crippen LogP contribution >= 0.6 is 22.9 Å². The Labute approximate surface area is 208 Å². The molecule has 0 unspecified atom stereocenters. The van der Waals surface area contributed by atoms with E-state index in [9.17, 15) is 14.4 Å². The third kappa shape index (κ3) is 4.71. The highest BCUT2D eigenvalue weighted by molar-refractivity contribution is 7.16. The molecule has 0 aliphatic rings. The van der Waals surface area contributed by atoms with E-state index in [0.717, 1.165) is 16.0 Å². The summed E-state index contributed by atoms with van der Waals surface area (Å²) in [6.07, 6.45) is 0. The average Bonchev–Trinajstić information content (AvgIpc) is 3.27. The van der Waals surface area contributed by atoms with Crippen LogP contribution in [0.15, 0.2) is 52.6 Å². The Morgan fingerprint density at radius 1 is 1.11 bits per heavy atom. The van der Waals surface area contributed by atoms with Gasteiger partial charge in [0, 0.05) is 21.4 Å². The highest BCUT2D eigenvalue weighted by Gasteiger charge is 2.23. The smallest absolute Gasteiger partial charge is 0.359 e. The van der Waals surface area contributed by atoms with Gasteiger partial charge in [0.2, 0.25) is 0 Å². The molecule has 0 aliphatic carbocycles. The number of nitrogens with zero attached hydrogens (tertiary/aromatic N) is 2. The summed E-state index contributed by atoms with van der Waals surface area (Å²) in [5.74, 6) is -0.310. The number of carbonyl (C=O) groups is 2. The lowest BCUT2D eigenvalue weighted by Crippen LogP contribution is -2.25. The zero-order valence-electron chi connectivity index (χ0n) is 19.0. The maximum absolute atomic E-state index is 13.5. The van der Waals surface area contributed by atoms with Crippen molar-refractivity contribution in [2.24, 2.45) is 0 Å². The van der Waals surface area contributed by atoms with Crippen LogP contribution in [0.4, 0.5) is 5.00 Å². The SMILES string of the molecule is CCOC(=O)c1nn(-c2cccc(Cl)c2)c(=O)c2c(NC(=O)c3ccc(OC)c(OC)c3)scc12. The largest absolute Gasteiger partial charge is 0.493 e. The van der Waals surface area contributed by atoms with Crippen LogP contribution in [0, 0.1) is 0 Å². The Hall–Kier alpha value is -3.89. The van der Waals surface area contributed by atoms with Crippen LogP contribution < -0.4 is 20.3 Å². The standard InChI is InChI=1S/C24H20ClN3O6S/c1-4-34-24(31)20-16-12-35-22(26-21(29)13-8-9-17(32-2)18(10-13)33-3)19(16)23(30)28(27-20)15-7-5-6-14(25)11-15/h5-12H,4H2,1-3H3,(H,26,29). The van der Waals surface area contributed by atoms with Crippen molar-refractivity contribution in [3.63, 3.8) is 0 Å². The monoisotopic (exact) mass is 513 g/mol. The quantitative estimate of drug-likeness (QED) is 0.361. The molecule has 180 valence electrons. The minimum atomic E-state index is -0.691. The fourth-order valence-electron chi connectivity index (χ4n) is 3.43. The summed E-state index contributed by atoms with van der Waals surface area (Å²) in [5.41, 5.74) is 0.0702. The second-order valence-corrected chi connectivity index (χ2v) is 8.46. The zero-order valence-corrected chi connectivity index (χ0v) is 20.5. The van der Waals surface area contributed by atoms with Gasteiger partial charge in [-0.05, 0) is 43.3 Å². The Bertz CT molecular complexity index is 1500. The molecule has 0 fully saturated rings. The number of esters is 1. The summed E-state index contributed by atoms with van der Waals surface area (Å²) in [6.45, 7) is 1.80. The number of aromatic nitrogens is 2. The van der Waals surface area contributed by atoms with Gasteiger partial charge in [-0.2, -0.15) is 9.78 Å². The van der Waals surface area contributed by atoms with Gasteiger partial charge in [-0.1, -0.05) is 17.7 Å². The van der Waals surface area contributed by atoms with Crippen molar-refractivity contribution in [3.05, 3.63) is 74.5 Å². The predicted molar refractivity (Wildman–Crippen MR) is 134 cm³/mol. The molecule has 9 nitrogen and oxygen atoms in total. The minimum Gasteiger partial charge on any atom is -0.493 e. The lowest BCUT2D eigenvalue weighted by molar-refractivity contribution is 0.0520. The summed E-state index contributed by atoms with van der Waals surface area (Å²) in [5, 5.41) is 9.66. The van der Waals surface area contributed by atoms with Gasteiger partial charge in [0.05, 0.1) is 31.9 Å². The number of ether oxygens (including phenoxy) is 3. The van der Waals surface area contributed by atoms with Crippen LogP contribution in [0.25, 0.3) is 16.5 Å². The number of anilines is 1. The van der Waals surface area contributed by atoms with Gasteiger partial charge in [-0.25, -0.2) is 4.79 Å². The van der Waals surface area contributed by atoms with E-state index in [0.29, 0.717) is 27.8 Å². The van der Waals surface area contributed by atoms with Crippen LogP contribution in [0.3, 0.4) is 0 Å². The first-order valence-corrected chi connectivity index (χ1v) is 11.6. The summed E-state index contributed by atoms with van der Waals surface area (Å²) < 4.78 is 16.7. The fraction of sp³-hybridized carbons (Fsp3) is 0.167. The molecule has 1 amide bonds. The number of hydrogen-bond donors (Lipinski definition) is 1. The van der Waals surface area contributed by atoms with Crippen LogP contribution in [-0.4, -0.2) is 42.5 Å². The van der Waals surface area contributed by atoms with Crippen molar-refractivity contribution in [3.8, 4) is 17.2 Å². The minimum absolute atomic E-state index is 0.0516. The molecular formula is C24H20ClN3O6S. The van der Waals surface area contributed by atoms with Crippen molar-refractivity contribution in [1.29, 1.82) is 0 Å². The number of halogens is 1. The molecule has 0 saturated carbocycles. The molecule has 0 aliphatic heterocycles. The van der Waals surface area contributed by atoms with Crippen LogP contribution in [0.5, 0.6) is 11.5 Å². The van der Waals surface area contributed by atoms with Crippen molar-refractivity contribution >= 4 is 50.6 Å². The van der Waals surface area contributed by atoms with E-state index in [1.54, 1.807) is 48.7 Å². The van der Waals surface area contributed by atoms with E-state index in [2.05, 4.69) is 10.4 Å². The Morgan fingerprint density at radius 3 is 2.57 bits per heavy atom. The van der Waals surface area contributed by atoms with Gasteiger partial charge < -0.3 is 19.5 Å². The Balaban J connectivity index is 1.84. The molecule has 0 atom stereocenters. The van der Waals surface area contributed by atoms with Crippen molar-refractivity contribution in [2.75, 3.05) is 26.1 Å². The third-order valence-corrected chi connectivity index (χ3v) is 6.18. The molecule has 0 bridgehead atoms. The van der Waals surface area contributed by atoms with Gasteiger partial charge in [0.25, 0.3) is 11.5 Å². The molecule has 0 radical (unpaired) electrons. The number of methoxy groups -OCH3 is 2. The molecule has 11 heteroatoms. The highest BCUT2D eigenvalue weighted by Crippen LogP contribution is 2.32. The van der Waals surface area contributed by atoms with Gasteiger partial charge in [0.15, 0.2) is 17.2 Å². The molecule has 4 rings (SSSR count). The average molecular weight is 514 g/mol. The first-order valence-electron chi connectivity index (χ1n) is 10.4. The summed E-state index contributed by atoms with van der Waals surface area (Å²) in [7, 11) is 2.96. The number of carbonyl (C=O) groups excluding carboxylic acids is 2. The fourth-order valence-corrected chi connectivity index (χ4v) is 4.54. The van der Waals surface area contributed by atoms with Crippen molar-refractivity contribution < 1.29 is 23.8 Å². The topological polar surface area (TPSA) is 109 Å². The van der Waals surface area contributed by atoms with E-state index in [-0.39, 0.29) is 28.1 Å². The number of nitrogens with one attached hydrogen (secondary N) is 1. The first-order chi connectivity index (χ1) is 16.9. The summed E-state index contributed by atoms with van der Waals surface area (Å²) in [4.78, 5) is 39.2. The van der Waals surface area contributed by atoms with Crippen LogP contribution in [0.1, 0.15) is 27.8 Å². The molecule has 2 aromatic heterocycles. The number of thiophene rings is 1. The van der Waals surface area contributed by atoms with Crippen LogP contribution in [-0.2, 0) is 4.74 Å². The summed E-state index contributed by atoms with van der Waals surface area (Å²) >= 11 is 7.20. The van der Waals surface area contributed by atoms with E-state index >= 15 is 0 Å². The zero-order chi connectivity index (χ0) is 25.1. The Kier molecular flexibility index (Phi) is 7.04. The number of fused-ring (bicyclic) bond motifs is 1. The lowest BCUT2D eigenvalue weighted by atomic mass is 10.1. The number of benzene rings is 2. The Morgan fingerprint density at radius 2 is 1.89 bits per heavy atom. The van der Waals surface area contributed by atoms with Gasteiger partial charge in [0.1, 0.15) is 5.00 Å². The number of rotatable bonds is 7. The second kappa shape index (κ2) is 10.2. The van der Waals surface area contributed by atoms with Gasteiger partial charge >= 0.3 is 5.97 Å². The third-order valence-electron chi connectivity index (χ3n) is 5.05. The maximum Gasteiger partial charge on any atom is 0.359 e. The molecule has 0 saturated heterocycles. The van der Waals surface area contributed by atoms with Crippen molar-refractivity contribution in [1.82, 2.24) is 9.78 Å². The number of amides is 1. The van der Waals surface area contributed by atoms with Crippen molar-refractivity contribution in [2.45, 2.75) is 6.92 Å². The molecule has 4 aromatic rings. The molecule has 1 N–H and O–H groups in total. The maximum atomic E-state index is 13.5. The van der Waals surface area contributed by atoms with E-state index in [1.807, 2.05) is 0 Å². The van der Waals surface area contributed by atoms with E-state index < -0.39 is 17.4 Å². The first kappa shape index (κ1) is 24.2. The second-order valence-electron chi connectivity index (χ2n) is 7.14. The normalized spacial score (nSPS) is 10.7. The molecule has 35 heavy (non-hydrogen) atoms. The highest BCUT2D eigenvalue weighted by atomic mass is 35.5. The summed E-state index contributed by atoms with van der Waals surface area (Å²) in [6, 6.07) is 11.2. The molecule has 2 heterocycles.